The highest BCUT2D eigenvalue weighted by Gasteiger charge is 2.39. The Bertz CT molecular complexity index is 1050. The quantitative estimate of drug-likeness (QED) is 0.594. The molecule has 0 radical (unpaired) electrons. The summed E-state index contributed by atoms with van der Waals surface area (Å²) >= 11 is 5.13. The van der Waals surface area contributed by atoms with Crippen LogP contribution in [0.3, 0.4) is 0 Å². The Labute approximate surface area is 182 Å². The molecule has 0 bridgehead atoms. The molecular formula is C21H20F3N3O3S. The van der Waals surface area contributed by atoms with Crippen LogP contribution >= 0.6 is 12.2 Å². The van der Waals surface area contributed by atoms with Crippen molar-refractivity contribution in [1.29, 1.82) is 0 Å². The number of benzene rings is 2. The van der Waals surface area contributed by atoms with Crippen molar-refractivity contribution in [1.82, 2.24) is 10.6 Å². The van der Waals surface area contributed by atoms with Crippen LogP contribution in [0.15, 0.2) is 53.7 Å². The zero-order valence-electron chi connectivity index (χ0n) is 16.9. The standard InChI is InChI=1S/C21H20F3N3O3S/c1-11-17(19(28)26-15-9-8-12(29-2)10-16(15)30-3)18(27-20(31)25-11)13-6-4-5-7-14(13)21(22,23)24/h4-10,18H,1-3H3,(H,26,28)(H2,25,27,31)/t18-/m1/s1. The number of nitrogens with one attached hydrogen (secondary N) is 3. The number of halogens is 3. The molecular weight excluding hydrogens is 431 g/mol. The number of allylic oxidation sites excluding steroid dienone is 1. The van der Waals surface area contributed by atoms with Gasteiger partial charge in [0, 0.05) is 11.8 Å². The van der Waals surface area contributed by atoms with Crippen LogP contribution in [-0.2, 0) is 11.0 Å². The smallest absolute Gasteiger partial charge is 0.416 e. The van der Waals surface area contributed by atoms with E-state index in [9.17, 15) is 18.0 Å². The number of carbonyl (C=O) groups is 1. The topological polar surface area (TPSA) is 71.6 Å². The van der Waals surface area contributed by atoms with Gasteiger partial charge < -0.3 is 25.4 Å². The summed E-state index contributed by atoms with van der Waals surface area (Å²) in [5.41, 5.74) is -0.203. The van der Waals surface area contributed by atoms with Gasteiger partial charge in [-0.05, 0) is 42.9 Å². The van der Waals surface area contributed by atoms with Gasteiger partial charge in [0.25, 0.3) is 5.91 Å². The van der Waals surface area contributed by atoms with Gasteiger partial charge in [0.05, 0.1) is 37.1 Å². The SMILES string of the molecule is COc1ccc(NC(=O)C2=C(C)NC(=S)N[C@@H]2c2ccccc2C(F)(F)F)c(OC)c1. The van der Waals surface area contributed by atoms with Crippen molar-refractivity contribution < 1.29 is 27.4 Å². The molecule has 3 N–H and O–H groups in total. The molecule has 31 heavy (non-hydrogen) atoms. The second kappa shape index (κ2) is 8.84. The van der Waals surface area contributed by atoms with Crippen LogP contribution in [0, 0.1) is 0 Å². The lowest BCUT2D eigenvalue weighted by Gasteiger charge is -2.32. The molecule has 1 amide bonds. The summed E-state index contributed by atoms with van der Waals surface area (Å²) < 4.78 is 51.3. The second-order valence-electron chi connectivity index (χ2n) is 6.68. The highest BCUT2D eigenvalue weighted by molar-refractivity contribution is 7.80. The maximum atomic E-state index is 13.6. The van der Waals surface area contributed by atoms with E-state index in [2.05, 4.69) is 16.0 Å². The summed E-state index contributed by atoms with van der Waals surface area (Å²) in [6.07, 6.45) is -4.60. The Hall–Kier alpha value is -3.27. The zero-order chi connectivity index (χ0) is 22.8. The summed E-state index contributed by atoms with van der Waals surface area (Å²) in [7, 11) is 2.92. The van der Waals surface area contributed by atoms with Crippen molar-refractivity contribution in [3.63, 3.8) is 0 Å². The first-order chi connectivity index (χ1) is 14.7. The number of ether oxygens (including phenoxy) is 2. The zero-order valence-corrected chi connectivity index (χ0v) is 17.7. The molecule has 0 aromatic heterocycles. The largest absolute Gasteiger partial charge is 0.497 e. The van der Waals surface area contributed by atoms with E-state index in [1.807, 2.05) is 0 Å². The third-order valence-corrected chi connectivity index (χ3v) is 4.97. The van der Waals surface area contributed by atoms with E-state index in [-0.39, 0.29) is 16.2 Å². The molecule has 0 saturated carbocycles. The van der Waals surface area contributed by atoms with Gasteiger partial charge in [-0.25, -0.2) is 0 Å². The lowest BCUT2D eigenvalue weighted by atomic mass is 9.91. The highest BCUT2D eigenvalue weighted by atomic mass is 32.1. The molecule has 6 nitrogen and oxygen atoms in total. The Balaban J connectivity index is 2.03. The van der Waals surface area contributed by atoms with Crippen molar-refractivity contribution in [2.45, 2.75) is 19.1 Å². The van der Waals surface area contributed by atoms with E-state index in [0.717, 1.165) is 6.07 Å². The molecule has 1 aliphatic rings. The Kier molecular flexibility index (Phi) is 6.40. The summed E-state index contributed by atoms with van der Waals surface area (Å²) in [6.45, 7) is 1.58. The third kappa shape index (κ3) is 4.74. The molecule has 2 aromatic rings. The molecule has 0 unspecified atom stereocenters. The second-order valence-corrected chi connectivity index (χ2v) is 7.08. The Morgan fingerprint density at radius 3 is 2.48 bits per heavy atom. The number of amides is 1. The first-order valence-electron chi connectivity index (χ1n) is 9.13. The Morgan fingerprint density at radius 2 is 1.84 bits per heavy atom. The molecule has 0 aliphatic carbocycles. The fourth-order valence-corrected chi connectivity index (χ4v) is 3.60. The van der Waals surface area contributed by atoms with Gasteiger partial charge in [-0.3, -0.25) is 4.79 Å². The van der Waals surface area contributed by atoms with E-state index in [1.54, 1.807) is 25.1 Å². The van der Waals surface area contributed by atoms with Crippen molar-refractivity contribution in [2.75, 3.05) is 19.5 Å². The van der Waals surface area contributed by atoms with Gasteiger partial charge in [0.15, 0.2) is 5.11 Å². The number of hydrogen-bond donors (Lipinski definition) is 3. The van der Waals surface area contributed by atoms with Crippen molar-refractivity contribution >= 4 is 28.9 Å². The fraction of sp³-hybridized carbons (Fsp3) is 0.238. The summed E-state index contributed by atoms with van der Waals surface area (Å²) in [5.74, 6) is 0.254. The lowest BCUT2D eigenvalue weighted by molar-refractivity contribution is -0.138. The number of hydrogen-bond acceptors (Lipinski definition) is 4. The first-order valence-corrected chi connectivity index (χ1v) is 9.54. The number of alkyl halides is 3. The monoisotopic (exact) mass is 451 g/mol. The van der Waals surface area contributed by atoms with Crippen LogP contribution in [0.1, 0.15) is 24.1 Å². The van der Waals surface area contributed by atoms with Crippen LogP contribution in [-0.4, -0.2) is 25.2 Å². The molecule has 164 valence electrons. The predicted octanol–water partition coefficient (Wildman–Crippen LogP) is 4.15. The maximum Gasteiger partial charge on any atom is 0.416 e. The van der Waals surface area contributed by atoms with Crippen LogP contribution in [0.2, 0.25) is 0 Å². The first kappa shape index (κ1) is 22.4. The number of methoxy groups -OCH3 is 2. The van der Waals surface area contributed by atoms with E-state index < -0.39 is 23.7 Å². The van der Waals surface area contributed by atoms with E-state index in [1.165, 1.54) is 32.4 Å². The minimum atomic E-state index is -4.60. The van der Waals surface area contributed by atoms with E-state index >= 15 is 0 Å². The van der Waals surface area contributed by atoms with Crippen molar-refractivity contribution in [2.24, 2.45) is 0 Å². The van der Waals surface area contributed by atoms with Crippen LogP contribution in [0.4, 0.5) is 18.9 Å². The fourth-order valence-electron chi connectivity index (χ4n) is 3.33. The van der Waals surface area contributed by atoms with Gasteiger partial charge in [-0.1, -0.05) is 18.2 Å². The minimum absolute atomic E-state index is 0.0724. The average molecular weight is 451 g/mol. The minimum Gasteiger partial charge on any atom is -0.497 e. The van der Waals surface area contributed by atoms with Gasteiger partial charge in [0.2, 0.25) is 0 Å². The van der Waals surface area contributed by atoms with Gasteiger partial charge in [0.1, 0.15) is 11.5 Å². The molecule has 10 heteroatoms. The van der Waals surface area contributed by atoms with E-state index in [4.69, 9.17) is 21.7 Å². The highest BCUT2D eigenvalue weighted by Crippen LogP contribution is 2.38. The van der Waals surface area contributed by atoms with Crippen LogP contribution < -0.4 is 25.4 Å². The lowest BCUT2D eigenvalue weighted by Crippen LogP contribution is -2.46. The van der Waals surface area contributed by atoms with Crippen LogP contribution in [0.25, 0.3) is 0 Å². The number of rotatable bonds is 5. The number of anilines is 1. The normalized spacial score (nSPS) is 16.3. The van der Waals surface area contributed by atoms with E-state index in [0.29, 0.717) is 22.9 Å². The van der Waals surface area contributed by atoms with Crippen LogP contribution in [0.5, 0.6) is 11.5 Å². The molecule has 0 saturated heterocycles. The van der Waals surface area contributed by atoms with Gasteiger partial charge in [-0.2, -0.15) is 13.2 Å². The molecule has 0 spiro atoms. The molecule has 3 rings (SSSR count). The van der Waals surface area contributed by atoms with Gasteiger partial charge in [-0.15, -0.1) is 0 Å². The summed E-state index contributed by atoms with van der Waals surface area (Å²) in [4.78, 5) is 13.2. The molecule has 1 heterocycles. The van der Waals surface area contributed by atoms with Crippen molar-refractivity contribution in [3.05, 3.63) is 64.9 Å². The third-order valence-electron chi connectivity index (χ3n) is 4.75. The molecule has 0 fully saturated rings. The molecule has 1 aliphatic heterocycles. The maximum absolute atomic E-state index is 13.6. The summed E-state index contributed by atoms with van der Waals surface area (Å²) in [6, 6.07) is 8.76. The Morgan fingerprint density at radius 1 is 1.13 bits per heavy atom. The van der Waals surface area contributed by atoms with Crippen molar-refractivity contribution in [3.8, 4) is 11.5 Å². The summed E-state index contributed by atoms with van der Waals surface area (Å²) in [5, 5.41) is 8.42. The predicted molar refractivity (Wildman–Crippen MR) is 114 cm³/mol. The van der Waals surface area contributed by atoms with Gasteiger partial charge >= 0.3 is 6.18 Å². The number of thiocarbonyl (C=S) groups is 1. The number of carbonyl (C=O) groups excluding carboxylic acids is 1. The molecule has 1 atom stereocenters. The molecule has 2 aromatic carbocycles. The average Bonchev–Trinajstić information content (AvgIpc) is 2.72.